The number of anilines is 1. The van der Waals surface area contributed by atoms with Crippen molar-refractivity contribution in [3.63, 3.8) is 0 Å². The van der Waals surface area contributed by atoms with Crippen LogP contribution in [0.2, 0.25) is 0 Å². The van der Waals surface area contributed by atoms with Crippen LogP contribution >= 0.6 is 0 Å². The Morgan fingerprint density at radius 1 is 1.29 bits per heavy atom. The van der Waals surface area contributed by atoms with Crippen LogP contribution in [-0.2, 0) is 14.3 Å². The average molecular weight is 331 g/mol. The van der Waals surface area contributed by atoms with Gasteiger partial charge in [-0.2, -0.15) is 5.10 Å². The first-order chi connectivity index (χ1) is 11.4. The third-order valence-corrected chi connectivity index (χ3v) is 4.09. The molecule has 0 aliphatic carbocycles. The van der Waals surface area contributed by atoms with Crippen LogP contribution in [0, 0.1) is 0 Å². The summed E-state index contributed by atoms with van der Waals surface area (Å²) in [5.41, 5.74) is 0.730. The molecule has 6 nitrogen and oxygen atoms in total. The van der Waals surface area contributed by atoms with Crippen molar-refractivity contribution in [1.29, 1.82) is 0 Å². The van der Waals surface area contributed by atoms with Gasteiger partial charge < -0.3 is 10.1 Å². The molecule has 6 heteroatoms. The van der Waals surface area contributed by atoms with Crippen molar-refractivity contribution in [3.05, 3.63) is 30.3 Å². The van der Waals surface area contributed by atoms with Crippen LogP contribution in [0.4, 0.5) is 5.69 Å². The van der Waals surface area contributed by atoms with Crippen LogP contribution in [0.3, 0.4) is 0 Å². The Morgan fingerprint density at radius 3 is 2.54 bits per heavy atom. The van der Waals surface area contributed by atoms with Gasteiger partial charge in [0.1, 0.15) is 11.8 Å². The summed E-state index contributed by atoms with van der Waals surface area (Å²) in [6.07, 6.45) is 1.04. The molecule has 1 N–H and O–H groups in total. The molecule has 1 aromatic carbocycles. The van der Waals surface area contributed by atoms with Crippen LogP contribution in [-0.4, -0.2) is 35.8 Å². The average Bonchev–Trinajstić information content (AvgIpc) is 3.01. The minimum absolute atomic E-state index is 0.145. The summed E-state index contributed by atoms with van der Waals surface area (Å²) in [6.45, 7) is 7.99. The number of benzene rings is 1. The maximum atomic E-state index is 12.8. The van der Waals surface area contributed by atoms with Crippen molar-refractivity contribution in [2.75, 3.05) is 11.6 Å². The Hall–Kier alpha value is -2.37. The number of para-hydroxylation sites is 1. The number of rotatable bonds is 6. The number of nitrogens with one attached hydrogen (secondary N) is 1. The number of esters is 1. The molecule has 0 saturated heterocycles. The molecule has 1 unspecified atom stereocenters. The Morgan fingerprint density at radius 2 is 1.96 bits per heavy atom. The van der Waals surface area contributed by atoms with E-state index in [2.05, 4.69) is 10.4 Å². The lowest BCUT2D eigenvalue weighted by atomic mass is 10.0. The predicted molar refractivity (Wildman–Crippen MR) is 93.9 cm³/mol. The van der Waals surface area contributed by atoms with Crippen LogP contribution in [0.1, 0.15) is 40.5 Å². The number of hydrogen-bond acceptors (Lipinski definition) is 5. The molecule has 0 radical (unpaired) electrons. The summed E-state index contributed by atoms with van der Waals surface area (Å²) >= 11 is 0. The van der Waals surface area contributed by atoms with E-state index in [0.717, 1.165) is 12.1 Å². The SMILES string of the molecule is CCOC(=O)C1=NN(c2ccccc2)C(C(=O)NC(C)(C)CC)C1. The van der Waals surface area contributed by atoms with Crippen LogP contribution in [0.25, 0.3) is 0 Å². The van der Waals surface area contributed by atoms with Gasteiger partial charge in [-0.3, -0.25) is 9.80 Å². The fourth-order valence-corrected chi connectivity index (χ4v) is 2.38. The van der Waals surface area contributed by atoms with E-state index in [9.17, 15) is 9.59 Å². The number of carbonyl (C=O) groups is 2. The summed E-state index contributed by atoms with van der Waals surface area (Å²) < 4.78 is 5.03. The molecule has 1 aliphatic heterocycles. The summed E-state index contributed by atoms with van der Waals surface area (Å²) in [5.74, 6) is -0.614. The molecule has 1 heterocycles. The van der Waals surface area contributed by atoms with Gasteiger partial charge in [0.05, 0.1) is 12.3 Å². The molecule has 0 saturated carbocycles. The Bertz CT molecular complexity index is 626. The molecule has 0 bridgehead atoms. The third kappa shape index (κ3) is 4.13. The van der Waals surface area contributed by atoms with E-state index >= 15 is 0 Å². The highest BCUT2D eigenvalue weighted by molar-refractivity contribution is 6.38. The van der Waals surface area contributed by atoms with Crippen molar-refractivity contribution < 1.29 is 14.3 Å². The monoisotopic (exact) mass is 331 g/mol. The normalized spacial score (nSPS) is 17.4. The highest BCUT2D eigenvalue weighted by Crippen LogP contribution is 2.25. The number of hydrazone groups is 1. The molecule has 0 spiro atoms. The second-order valence-corrected chi connectivity index (χ2v) is 6.39. The Balaban J connectivity index is 2.26. The third-order valence-electron chi connectivity index (χ3n) is 4.09. The molecule has 130 valence electrons. The molecule has 0 aromatic heterocycles. The number of hydrogen-bond donors (Lipinski definition) is 1. The van der Waals surface area contributed by atoms with Crippen molar-refractivity contribution in [1.82, 2.24) is 5.32 Å². The van der Waals surface area contributed by atoms with Gasteiger partial charge in [-0.25, -0.2) is 4.79 Å². The molecule has 1 aliphatic rings. The van der Waals surface area contributed by atoms with Crippen LogP contribution in [0.15, 0.2) is 35.4 Å². The minimum atomic E-state index is -0.558. The smallest absolute Gasteiger partial charge is 0.354 e. The van der Waals surface area contributed by atoms with E-state index < -0.39 is 12.0 Å². The maximum absolute atomic E-state index is 12.8. The van der Waals surface area contributed by atoms with E-state index in [1.165, 1.54) is 0 Å². The fraction of sp³-hybridized carbons (Fsp3) is 0.500. The topological polar surface area (TPSA) is 71.0 Å². The summed E-state index contributed by atoms with van der Waals surface area (Å²) in [5, 5.41) is 8.99. The highest BCUT2D eigenvalue weighted by atomic mass is 16.5. The highest BCUT2D eigenvalue weighted by Gasteiger charge is 2.38. The lowest BCUT2D eigenvalue weighted by molar-refractivity contribution is -0.135. The van der Waals surface area contributed by atoms with E-state index in [1.54, 1.807) is 11.9 Å². The number of carbonyl (C=O) groups excluding carboxylic acids is 2. The molecule has 2 rings (SSSR count). The van der Waals surface area contributed by atoms with Gasteiger partial charge in [0.2, 0.25) is 5.91 Å². The Kier molecular flexibility index (Phi) is 5.59. The molecule has 1 atom stereocenters. The fourth-order valence-electron chi connectivity index (χ4n) is 2.38. The molecule has 0 fully saturated rings. The van der Waals surface area contributed by atoms with Gasteiger partial charge in [0, 0.05) is 12.0 Å². The molecule has 1 aromatic rings. The predicted octanol–water partition coefficient (Wildman–Crippen LogP) is 2.49. The van der Waals surface area contributed by atoms with Gasteiger partial charge in [0.25, 0.3) is 0 Å². The molecular weight excluding hydrogens is 306 g/mol. The zero-order valence-electron chi connectivity index (χ0n) is 14.7. The zero-order chi connectivity index (χ0) is 17.7. The number of ether oxygens (including phenoxy) is 1. The second-order valence-electron chi connectivity index (χ2n) is 6.39. The number of nitrogens with zero attached hydrogens (tertiary/aromatic N) is 2. The zero-order valence-corrected chi connectivity index (χ0v) is 14.7. The van der Waals surface area contributed by atoms with Crippen molar-refractivity contribution in [2.45, 2.75) is 52.1 Å². The minimum Gasteiger partial charge on any atom is -0.461 e. The largest absolute Gasteiger partial charge is 0.461 e. The second kappa shape index (κ2) is 7.47. The van der Waals surface area contributed by atoms with Gasteiger partial charge >= 0.3 is 5.97 Å². The molecule has 24 heavy (non-hydrogen) atoms. The van der Waals surface area contributed by atoms with E-state index in [0.29, 0.717) is 0 Å². The van der Waals surface area contributed by atoms with Gasteiger partial charge in [0.15, 0.2) is 0 Å². The lowest BCUT2D eigenvalue weighted by Gasteiger charge is -2.29. The van der Waals surface area contributed by atoms with Crippen molar-refractivity contribution in [2.24, 2.45) is 5.10 Å². The molecular formula is C18H25N3O3. The quantitative estimate of drug-likeness (QED) is 0.813. The van der Waals surface area contributed by atoms with Gasteiger partial charge in [-0.05, 0) is 39.3 Å². The van der Waals surface area contributed by atoms with Gasteiger partial charge in [-0.1, -0.05) is 25.1 Å². The number of amides is 1. The van der Waals surface area contributed by atoms with E-state index in [1.807, 2.05) is 51.1 Å². The standard InChI is InChI=1S/C18H25N3O3/c1-5-18(3,4)19-16(22)15-12-14(17(23)24-6-2)20-21(15)13-10-8-7-9-11-13/h7-11,15H,5-6,12H2,1-4H3,(H,19,22). The Labute approximate surface area is 142 Å². The lowest BCUT2D eigenvalue weighted by Crippen LogP contribution is -2.51. The first-order valence-electron chi connectivity index (χ1n) is 8.29. The van der Waals surface area contributed by atoms with Gasteiger partial charge in [-0.15, -0.1) is 0 Å². The van der Waals surface area contributed by atoms with Crippen molar-refractivity contribution >= 4 is 23.3 Å². The van der Waals surface area contributed by atoms with Crippen LogP contribution < -0.4 is 10.3 Å². The summed E-state index contributed by atoms with van der Waals surface area (Å²) in [4.78, 5) is 24.8. The van der Waals surface area contributed by atoms with Crippen LogP contribution in [0.5, 0.6) is 0 Å². The maximum Gasteiger partial charge on any atom is 0.354 e. The molecule has 1 amide bonds. The first kappa shape index (κ1) is 18.0. The van der Waals surface area contributed by atoms with Crippen molar-refractivity contribution in [3.8, 4) is 0 Å². The van der Waals surface area contributed by atoms with E-state index in [-0.39, 0.29) is 30.2 Å². The first-order valence-corrected chi connectivity index (χ1v) is 8.29. The van der Waals surface area contributed by atoms with E-state index in [4.69, 9.17) is 4.74 Å². The summed E-state index contributed by atoms with van der Waals surface area (Å²) in [7, 11) is 0. The summed E-state index contributed by atoms with van der Waals surface area (Å²) in [6, 6.07) is 8.81.